The zero-order valence-electron chi connectivity index (χ0n) is 11.5. The van der Waals surface area contributed by atoms with Crippen LogP contribution in [0.3, 0.4) is 0 Å². The predicted octanol–water partition coefficient (Wildman–Crippen LogP) is 0.556. The Balaban J connectivity index is 1.87. The van der Waals surface area contributed by atoms with Crippen LogP contribution in [0.2, 0.25) is 0 Å². The van der Waals surface area contributed by atoms with Crippen molar-refractivity contribution in [3.63, 3.8) is 0 Å². The average Bonchev–Trinajstić information content (AvgIpc) is 2.78. The first-order chi connectivity index (χ1) is 10.6. The molecule has 0 aliphatic carbocycles. The van der Waals surface area contributed by atoms with E-state index in [-0.39, 0.29) is 18.1 Å². The van der Waals surface area contributed by atoms with Crippen molar-refractivity contribution in [2.45, 2.75) is 25.1 Å². The summed E-state index contributed by atoms with van der Waals surface area (Å²) in [7, 11) is 0. The zero-order chi connectivity index (χ0) is 15.4. The summed E-state index contributed by atoms with van der Waals surface area (Å²) in [5.74, 6) is -0.272. The highest BCUT2D eigenvalue weighted by Gasteiger charge is 2.41. The molecule has 2 unspecified atom stereocenters. The minimum absolute atomic E-state index is 0.0259. The van der Waals surface area contributed by atoms with Crippen molar-refractivity contribution in [1.82, 2.24) is 10.3 Å². The third-order valence-electron chi connectivity index (χ3n) is 4.24. The van der Waals surface area contributed by atoms with E-state index in [1.165, 1.54) is 11.1 Å². The van der Waals surface area contributed by atoms with E-state index in [0.717, 1.165) is 0 Å². The quantitative estimate of drug-likeness (QED) is 0.665. The van der Waals surface area contributed by atoms with Gasteiger partial charge in [0, 0.05) is 22.8 Å². The Morgan fingerprint density at radius 3 is 2.91 bits per heavy atom. The van der Waals surface area contributed by atoms with Gasteiger partial charge in [0.2, 0.25) is 11.8 Å². The Labute approximate surface area is 125 Å². The number of imide groups is 1. The number of aliphatic hydroxyl groups excluding tert-OH is 1. The molecule has 2 aromatic rings. The molecule has 22 heavy (non-hydrogen) atoms. The molecule has 2 atom stereocenters. The van der Waals surface area contributed by atoms with Gasteiger partial charge in [-0.05, 0) is 6.42 Å². The molecule has 112 valence electrons. The van der Waals surface area contributed by atoms with Gasteiger partial charge in [-0.2, -0.15) is 0 Å². The van der Waals surface area contributed by atoms with Crippen molar-refractivity contribution in [1.29, 1.82) is 0 Å². The number of nitrogens with zero attached hydrogens (tertiary/aromatic N) is 2. The van der Waals surface area contributed by atoms with Crippen molar-refractivity contribution in [2.75, 3.05) is 4.90 Å². The van der Waals surface area contributed by atoms with Gasteiger partial charge in [0.25, 0.3) is 0 Å². The van der Waals surface area contributed by atoms with E-state index in [1.54, 1.807) is 18.2 Å². The number of amides is 2. The number of anilines is 1. The van der Waals surface area contributed by atoms with Crippen LogP contribution in [0.15, 0.2) is 24.4 Å². The van der Waals surface area contributed by atoms with Crippen molar-refractivity contribution in [3.05, 3.63) is 30.0 Å². The number of benzene rings is 1. The summed E-state index contributed by atoms with van der Waals surface area (Å²) in [4.78, 5) is 29.1. The smallest absolute Gasteiger partial charge is 0.249 e. The van der Waals surface area contributed by atoms with Crippen molar-refractivity contribution >= 4 is 28.4 Å². The number of aliphatic hydroxyl groups is 1. The minimum atomic E-state index is -1.03. The molecule has 2 aliphatic heterocycles. The van der Waals surface area contributed by atoms with Crippen LogP contribution in [-0.4, -0.2) is 33.1 Å². The van der Waals surface area contributed by atoms with Gasteiger partial charge in [-0.15, -0.1) is 0 Å². The zero-order valence-corrected chi connectivity index (χ0v) is 11.5. The van der Waals surface area contributed by atoms with Crippen LogP contribution in [0.1, 0.15) is 24.6 Å². The lowest BCUT2D eigenvalue weighted by molar-refractivity contribution is -0.134. The second-order valence-electron chi connectivity index (χ2n) is 5.48. The molecular weight excluding hydrogens is 286 g/mol. The molecule has 2 aliphatic rings. The number of rotatable bonds is 1. The molecule has 1 saturated heterocycles. The van der Waals surface area contributed by atoms with Crippen LogP contribution in [0.4, 0.5) is 5.82 Å². The maximum absolute atomic E-state index is 12.1. The summed E-state index contributed by atoms with van der Waals surface area (Å²) in [6.45, 7) is 0. The topological polar surface area (TPSA) is 103 Å². The Morgan fingerprint density at radius 1 is 1.32 bits per heavy atom. The highest BCUT2D eigenvalue weighted by atomic mass is 16.3. The number of hydrogen-bond donors (Lipinski definition) is 3. The fraction of sp³-hybridized carbons (Fsp3) is 0.267. The molecular formula is C15H13N3O4. The van der Waals surface area contributed by atoms with Crippen LogP contribution < -0.4 is 10.2 Å². The number of piperidine rings is 1. The second kappa shape index (κ2) is 4.41. The van der Waals surface area contributed by atoms with Crippen LogP contribution in [0, 0.1) is 0 Å². The number of aromatic nitrogens is 1. The molecule has 1 aromatic carbocycles. The molecule has 3 heterocycles. The standard InChI is InChI=1S/C15H13N3O4/c19-10-6-16-13-12-7(10)2-1-3-8(12)15(22)18(13)9-4-5-11(20)17-14(9)21/h1-3,6,9,15,19,22H,4-5H2,(H,17,20,21). The first kappa shape index (κ1) is 13.0. The van der Waals surface area contributed by atoms with Crippen LogP contribution in [0.5, 0.6) is 5.75 Å². The molecule has 1 aromatic heterocycles. The third-order valence-corrected chi connectivity index (χ3v) is 4.24. The first-order valence-corrected chi connectivity index (χ1v) is 6.98. The molecule has 7 nitrogen and oxygen atoms in total. The highest BCUT2D eigenvalue weighted by molar-refractivity contribution is 6.06. The number of carbonyl (C=O) groups excluding carboxylic acids is 2. The van der Waals surface area contributed by atoms with Crippen LogP contribution in [0.25, 0.3) is 10.8 Å². The summed E-state index contributed by atoms with van der Waals surface area (Å²) >= 11 is 0. The number of pyridine rings is 1. The van der Waals surface area contributed by atoms with Gasteiger partial charge >= 0.3 is 0 Å². The molecule has 2 amide bonds. The summed E-state index contributed by atoms with van der Waals surface area (Å²) in [6, 6.07) is 4.54. The van der Waals surface area contributed by atoms with Gasteiger partial charge in [-0.25, -0.2) is 4.98 Å². The SMILES string of the molecule is O=C1CCC(N2c3ncc(O)c4cccc(c34)C2O)C(=O)N1. The van der Waals surface area contributed by atoms with Crippen molar-refractivity contribution in [3.8, 4) is 5.75 Å². The van der Waals surface area contributed by atoms with E-state index in [2.05, 4.69) is 10.3 Å². The first-order valence-electron chi connectivity index (χ1n) is 6.98. The van der Waals surface area contributed by atoms with E-state index < -0.39 is 18.2 Å². The fourth-order valence-electron chi connectivity index (χ4n) is 3.23. The second-order valence-corrected chi connectivity index (χ2v) is 5.48. The summed E-state index contributed by atoms with van der Waals surface area (Å²) < 4.78 is 0. The normalized spacial score (nSPS) is 24.0. The Bertz CT molecular complexity index is 820. The monoisotopic (exact) mass is 299 g/mol. The lowest BCUT2D eigenvalue weighted by Gasteiger charge is -2.33. The van der Waals surface area contributed by atoms with E-state index in [9.17, 15) is 19.8 Å². The van der Waals surface area contributed by atoms with Crippen LogP contribution >= 0.6 is 0 Å². The lowest BCUT2D eigenvalue weighted by Crippen LogP contribution is -2.53. The molecule has 4 rings (SSSR count). The average molecular weight is 299 g/mol. The summed E-state index contributed by atoms with van der Waals surface area (Å²) in [5, 5.41) is 24.0. The van der Waals surface area contributed by atoms with Gasteiger partial charge in [0.15, 0.2) is 6.23 Å². The molecule has 1 fully saturated rings. The largest absolute Gasteiger partial charge is 0.506 e. The van der Waals surface area contributed by atoms with Gasteiger partial charge < -0.3 is 15.1 Å². The molecule has 0 saturated carbocycles. The Kier molecular flexibility index (Phi) is 2.61. The van der Waals surface area contributed by atoms with E-state index in [4.69, 9.17) is 0 Å². The van der Waals surface area contributed by atoms with Crippen molar-refractivity contribution in [2.24, 2.45) is 0 Å². The lowest BCUT2D eigenvalue weighted by atomic mass is 10.0. The minimum Gasteiger partial charge on any atom is -0.506 e. The number of aromatic hydroxyl groups is 1. The van der Waals surface area contributed by atoms with E-state index >= 15 is 0 Å². The summed E-state index contributed by atoms with van der Waals surface area (Å²) in [5.41, 5.74) is 0.598. The van der Waals surface area contributed by atoms with Crippen LogP contribution in [-0.2, 0) is 9.59 Å². The Morgan fingerprint density at radius 2 is 2.14 bits per heavy atom. The van der Waals surface area contributed by atoms with Gasteiger partial charge in [-0.1, -0.05) is 18.2 Å². The van der Waals surface area contributed by atoms with Gasteiger partial charge in [0.1, 0.15) is 17.6 Å². The molecule has 0 bridgehead atoms. The maximum atomic E-state index is 12.1. The van der Waals surface area contributed by atoms with E-state index in [1.807, 2.05) is 0 Å². The molecule has 0 radical (unpaired) electrons. The van der Waals surface area contributed by atoms with Crippen molar-refractivity contribution < 1.29 is 19.8 Å². The van der Waals surface area contributed by atoms with E-state index in [0.29, 0.717) is 28.6 Å². The number of carbonyl (C=O) groups is 2. The predicted molar refractivity (Wildman–Crippen MR) is 77.0 cm³/mol. The fourth-order valence-corrected chi connectivity index (χ4v) is 3.23. The molecule has 3 N–H and O–H groups in total. The third kappa shape index (κ3) is 1.62. The number of hydrogen-bond acceptors (Lipinski definition) is 6. The summed E-state index contributed by atoms with van der Waals surface area (Å²) in [6.07, 6.45) is 0.812. The Hall–Kier alpha value is -2.67. The number of nitrogens with one attached hydrogen (secondary N) is 1. The molecule has 0 spiro atoms. The molecule has 7 heteroatoms. The maximum Gasteiger partial charge on any atom is 0.249 e. The highest BCUT2D eigenvalue weighted by Crippen LogP contribution is 2.45. The van der Waals surface area contributed by atoms with Gasteiger partial charge in [-0.3, -0.25) is 14.9 Å². The van der Waals surface area contributed by atoms with Gasteiger partial charge in [0.05, 0.1) is 6.20 Å².